The summed E-state index contributed by atoms with van der Waals surface area (Å²) in [6.45, 7) is 0.812. The van der Waals surface area contributed by atoms with E-state index in [1.807, 2.05) is 47.4 Å². The lowest BCUT2D eigenvalue weighted by Crippen LogP contribution is -2.28. The van der Waals surface area contributed by atoms with Crippen molar-refractivity contribution in [3.8, 4) is 5.75 Å². The molecule has 0 atom stereocenters. The predicted octanol–water partition coefficient (Wildman–Crippen LogP) is 3.95. The molecule has 0 aliphatic carbocycles. The van der Waals surface area contributed by atoms with Gasteiger partial charge in [-0.15, -0.1) is 0 Å². The van der Waals surface area contributed by atoms with Crippen molar-refractivity contribution in [3.63, 3.8) is 0 Å². The van der Waals surface area contributed by atoms with Crippen LogP contribution in [0.5, 0.6) is 5.75 Å². The number of amides is 2. The maximum atomic E-state index is 12.9. The number of nitrogens with one attached hydrogen (secondary N) is 2. The van der Waals surface area contributed by atoms with Crippen molar-refractivity contribution in [1.82, 2.24) is 0 Å². The van der Waals surface area contributed by atoms with Crippen LogP contribution in [-0.2, 0) is 11.2 Å². The van der Waals surface area contributed by atoms with Crippen molar-refractivity contribution < 1.29 is 14.3 Å². The summed E-state index contributed by atoms with van der Waals surface area (Å²) in [5.74, 6) is 0.501. The van der Waals surface area contributed by atoms with Gasteiger partial charge < -0.3 is 20.3 Å². The molecule has 30 heavy (non-hydrogen) atoms. The number of rotatable bonds is 6. The van der Waals surface area contributed by atoms with E-state index in [1.54, 1.807) is 31.4 Å². The highest BCUT2D eigenvalue weighted by molar-refractivity contribution is 6.07. The molecular weight excluding hydrogens is 378 g/mol. The van der Waals surface area contributed by atoms with Crippen molar-refractivity contribution in [2.75, 3.05) is 35.7 Å². The fraction of sp³-hybridized carbons (Fsp3) is 0.167. The quantitative estimate of drug-likeness (QED) is 0.656. The van der Waals surface area contributed by atoms with Gasteiger partial charge in [0.1, 0.15) is 5.75 Å². The molecule has 0 aromatic heterocycles. The Morgan fingerprint density at radius 2 is 1.77 bits per heavy atom. The van der Waals surface area contributed by atoms with Crippen molar-refractivity contribution in [2.24, 2.45) is 0 Å². The molecule has 0 spiro atoms. The van der Waals surface area contributed by atoms with Crippen molar-refractivity contribution >= 4 is 28.9 Å². The zero-order chi connectivity index (χ0) is 20.9. The molecule has 0 fully saturated rings. The standard InChI is InChI=1S/C24H23N3O3/c1-30-21-7-4-6-20(15-21)26-23(28)16-25-19-11-9-18(10-12-19)24(29)27-14-13-17-5-2-3-8-22(17)27/h2-12,15,25H,13-14,16H2,1H3,(H,26,28). The molecule has 0 unspecified atom stereocenters. The lowest BCUT2D eigenvalue weighted by Gasteiger charge is -2.17. The second-order valence-electron chi connectivity index (χ2n) is 7.05. The third-order valence-corrected chi connectivity index (χ3v) is 5.07. The molecule has 3 aromatic carbocycles. The Kier molecular flexibility index (Phi) is 5.66. The summed E-state index contributed by atoms with van der Waals surface area (Å²) in [6.07, 6.45) is 0.879. The monoisotopic (exact) mass is 401 g/mol. The Morgan fingerprint density at radius 1 is 0.967 bits per heavy atom. The van der Waals surface area contributed by atoms with E-state index < -0.39 is 0 Å². The molecule has 0 saturated carbocycles. The topological polar surface area (TPSA) is 70.7 Å². The van der Waals surface area contributed by atoms with E-state index in [2.05, 4.69) is 16.7 Å². The van der Waals surface area contributed by atoms with Crippen LogP contribution in [0.3, 0.4) is 0 Å². The van der Waals surface area contributed by atoms with E-state index >= 15 is 0 Å². The van der Waals surface area contributed by atoms with E-state index in [-0.39, 0.29) is 18.4 Å². The van der Waals surface area contributed by atoms with Gasteiger partial charge in [0.05, 0.1) is 13.7 Å². The van der Waals surface area contributed by atoms with Gasteiger partial charge in [-0.1, -0.05) is 24.3 Å². The number of methoxy groups -OCH3 is 1. The number of anilines is 3. The molecule has 4 rings (SSSR count). The third-order valence-electron chi connectivity index (χ3n) is 5.07. The van der Waals surface area contributed by atoms with Gasteiger partial charge >= 0.3 is 0 Å². The molecule has 0 bridgehead atoms. The van der Waals surface area contributed by atoms with E-state index in [4.69, 9.17) is 4.74 Å². The number of carbonyl (C=O) groups excluding carboxylic acids is 2. The molecule has 1 heterocycles. The van der Waals surface area contributed by atoms with Crippen molar-refractivity contribution in [1.29, 1.82) is 0 Å². The molecule has 1 aliphatic heterocycles. The molecular formula is C24H23N3O3. The molecule has 0 radical (unpaired) electrons. The molecule has 6 heteroatoms. The van der Waals surface area contributed by atoms with Gasteiger partial charge in [0.25, 0.3) is 5.91 Å². The van der Waals surface area contributed by atoms with Gasteiger partial charge in [0.2, 0.25) is 5.91 Å². The van der Waals surface area contributed by atoms with Crippen LogP contribution in [0.25, 0.3) is 0 Å². The number of hydrogen-bond donors (Lipinski definition) is 2. The molecule has 2 N–H and O–H groups in total. The summed E-state index contributed by atoms with van der Waals surface area (Å²) in [7, 11) is 1.58. The number of ether oxygens (including phenoxy) is 1. The molecule has 152 valence electrons. The maximum absolute atomic E-state index is 12.9. The summed E-state index contributed by atoms with van der Waals surface area (Å²) in [4.78, 5) is 26.9. The zero-order valence-corrected chi connectivity index (χ0v) is 16.7. The van der Waals surface area contributed by atoms with Gasteiger partial charge in [0.15, 0.2) is 0 Å². The smallest absolute Gasteiger partial charge is 0.258 e. The van der Waals surface area contributed by atoms with E-state index in [1.165, 1.54) is 5.56 Å². The van der Waals surface area contributed by atoms with Crippen LogP contribution >= 0.6 is 0 Å². The first-order valence-corrected chi connectivity index (χ1v) is 9.81. The number of para-hydroxylation sites is 1. The summed E-state index contributed by atoms with van der Waals surface area (Å²) in [6, 6.07) is 22.4. The zero-order valence-electron chi connectivity index (χ0n) is 16.7. The SMILES string of the molecule is COc1cccc(NC(=O)CNc2ccc(C(=O)N3CCc4ccccc43)cc2)c1. The first-order chi connectivity index (χ1) is 14.6. The number of hydrogen-bond acceptors (Lipinski definition) is 4. The van der Waals surface area contributed by atoms with Crippen LogP contribution in [0, 0.1) is 0 Å². The first kappa shape index (κ1) is 19.5. The highest BCUT2D eigenvalue weighted by atomic mass is 16.5. The molecule has 0 saturated heterocycles. The first-order valence-electron chi connectivity index (χ1n) is 9.81. The lowest BCUT2D eigenvalue weighted by molar-refractivity contribution is -0.114. The highest BCUT2D eigenvalue weighted by Crippen LogP contribution is 2.29. The Balaban J connectivity index is 1.34. The summed E-state index contributed by atoms with van der Waals surface area (Å²) in [5.41, 5.74) is 4.25. The third kappa shape index (κ3) is 4.27. The second kappa shape index (κ2) is 8.69. The Morgan fingerprint density at radius 3 is 2.57 bits per heavy atom. The van der Waals surface area contributed by atoms with Crippen LogP contribution < -0.4 is 20.3 Å². The number of carbonyl (C=O) groups is 2. The Hall–Kier alpha value is -3.80. The summed E-state index contributed by atoms with van der Waals surface area (Å²) < 4.78 is 5.15. The summed E-state index contributed by atoms with van der Waals surface area (Å²) in [5, 5.41) is 5.90. The minimum atomic E-state index is -0.169. The second-order valence-corrected chi connectivity index (χ2v) is 7.05. The van der Waals surface area contributed by atoms with Crippen LogP contribution in [0.1, 0.15) is 15.9 Å². The van der Waals surface area contributed by atoms with E-state index in [0.29, 0.717) is 23.5 Å². The molecule has 6 nitrogen and oxygen atoms in total. The van der Waals surface area contributed by atoms with Crippen molar-refractivity contribution in [2.45, 2.75) is 6.42 Å². The normalized spacial score (nSPS) is 12.2. The Bertz CT molecular complexity index is 1060. The Labute approximate surface area is 175 Å². The van der Waals surface area contributed by atoms with Crippen molar-refractivity contribution in [3.05, 3.63) is 83.9 Å². The number of fused-ring (bicyclic) bond motifs is 1. The predicted molar refractivity (Wildman–Crippen MR) is 118 cm³/mol. The van der Waals surface area contributed by atoms with Crippen LogP contribution in [0.15, 0.2) is 72.8 Å². The van der Waals surface area contributed by atoms with Gasteiger partial charge in [-0.2, -0.15) is 0 Å². The maximum Gasteiger partial charge on any atom is 0.258 e. The van der Waals surface area contributed by atoms with E-state index in [9.17, 15) is 9.59 Å². The minimum absolute atomic E-state index is 0.0118. The fourth-order valence-corrected chi connectivity index (χ4v) is 3.52. The molecule has 3 aromatic rings. The van der Waals surface area contributed by atoms with Crippen LogP contribution in [0.2, 0.25) is 0 Å². The number of nitrogens with zero attached hydrogens (tertiary/aromatic N) is 1. The van der Waals surface area contributed by atoms with Crippen LogP contribution in [-0.4, -0.2) is 32.0 Å². The molecule has 1 aliphatic rings. The fourth-order valence-electron chi connectivity index (χ4n) is 3.52. The highest BCUT2D eigenvalue weighted by Gasteiger charge is 2.24. The average Bonchev–Trinajstić information content (AvgIpc) is 3.22. The largest absolute Gasteiger partial charge is 0.497 e. The molecule has 2 amide bonds. The summed E-state index contributed by atoms with van der Waals surface area (Å²) >= 11 is 0. The van der Waals surface area contributed by atoms with Gasteiger partial charge in [-0.05, 0) is 54.4 Å². The minimum Gasteiger partial charge on any atom is -0.497 e. The van der Waals surface area contributed by atoms with Gasteiger partial charge in [-0.3, -0.25) is 9.59 Å². The van der Waals surface area contributed by atoms with Gasteiger partial charge in [0, 0.05) is 35.2 Å². The average molecular weight is 401 g/mol. The van der Waals surface area contributed by atoms with Gasteiger partial charge in [-0.25, -0.2) is 0 Å². The van der Waals surface area contributed by atoms with E-state index in [0.717, 1.165) is 17.8 Å². The van der Waals surface area contributed by atoms with Crippen LogP contribution in [0.4, 0.5) is 17.1 Å². The lowest BCUT2D eigenvalue weighted by atomic mass is 10.1. The number of benzene rings is 3.